The van der Waals surface area contributed by atoms with Gasteiger partial charge in [0.05, 0.1) is 23.2 Å². The summed E-state index contributed by atoms with van der Waals surface area (Å²) in [4.78, 5) is 12.9. The van der Waals surface area contributed by atoms with Gasteiger partial charge in [0, 0.05) is 0 Å². The Kier molecular flexibility index (Phi) is 5.23. The Morgan fingerprint density at radius 3 is 2.26 bits per heavy atom. The van der Waals surface area contributed by atoms with E-state index in [4.69, 9.17) is 0 Å². The minimum Gasteiger partial charge on any atom is -0.323 e. The third-order valence-corrected chi connectivity index (χ3v) is 4.08. The fourth-order valence-electron chi connectivity index (χ4n) is 2.80. The van der Waals surface area contributed by atoms with Gasteiger partial charge in [0.2, 0.25) is 5.91 Å². The number of benzene rings is 3. The summed E-state index contributed by atoms with van der Waals surface area (Å²) in [5, 5.41) is 11.7. The predicted molar refractivity (Wildman–Crippen MR) is 94.4 cm³/mol. The summed E-state index contributed by atoms with van der Waals surface area (Å²) in [6.45, 7) is 0. The number of nitriles is 1. The first-order valence-corrected chi connectivity index (χ1v) is 8.01. The molecule has 0 heterocycles. The highest BCUT2D eigenvalue weighted by Gasteiger charge is 2.26. The number of halogens is 3. The van der Waals surface area contributed by atoms with Gasteiger partial charge in [-0.15, -0.1) is 0 Å². The molecule has 0 aliphatic carbocycles. The van der Waals surface area contributed by atoms with Crippen LogP contribution in [0, 0.1) is 28.8 Å². The lowest BCUT2D eigenvalue weighted by molar-refractivity contribution is -0.116. The maximum absolute atomic E-state index is 14.0. The first-order chi connectivity index (χ1) is 13.0. The molecule has 3 nitrogen and oxygen atoms in total. The van der Waals surface area contributed by atoms with Crippen molar-refractivity contribution in [3.8, 4) is 6.07 Å². The number of carbonyl (C=O) groups excluding carboxylic acids is 1. The van der Waals surface area contributed by atoms with Gasteiger partial charge in [-0.3, -0.25) is 4.79 Å². The van der Waals surface area contributed by atoms with Crippen LogP contribution in [0.3, 0.4) is 0 Å². The Bertz CT molecular complexity index is 1030. The highest BCUT2D eigenvalue weighted by molar-refractivity contribution is 5.98. The number of rotatable bonds is 4. The summed E-state index contributed by atoms with van der Waals surface area (Å²) in [6, 6.07) is 18.8. The van der Waals surface area contributed by atoms with Crippen LogP contribution in [0.1, 0.15) is 22.6 Å². The van der Waals surface area contributed by atoms with Crippen molar-refractivity contribution in [3.05, 3.63) is 101 Å². The first kappa shape index (κ1) is 18.2. The van der Waals surface area contributed by atoms with Crippen LogP contribution in [0.5, 0.6) is 0 Å². The lowest BCUT2D eigenvalue weighted by atomic mass is 9.87. The maximum atomic E-state index is 14.0. The number of carbonyl (C=O) groups is 1. The van der Waals surface area contributed by atoms with Crippen LogP contribution in [0.2, 0.25) is 0 Å². The SMILES string of the molecule is N#Cc1ccccc1C(C(=O)Nc1ccc(F)c(F)c1F)c1ccccc1. The first-order valence-electron chi connectivity index (χ1n) is 8.01. The summed E-state index contributed by atoms with van der Waals surface area (Å²) in [7, 11) is 0. The molecule has 6 heteroatoms. The predicted octanol–water partition coefficient (Wildman–Crippen LogP) is 4.75. The molecule has 0 saturated carbocycles. The zero-order valence-corrected chi connectivity index (χ0v) is 13.9. The average molecular weight is 366 g/mol. The Morgan fingerprint density at radius 1 is 0.889 bits per heavy atom. The maximum Gasteiger partial charge on any atom is 0.236 e. The van der Waals surface area contributed by atoms with Gasteiger partial charge in [0.15, 0.2) is 17.5 Å². The molecule has 3 aromatic rings. The molecule has 0 bridgehead atoms. The van der Waals surface area contributed by atoms with Crippen LogP contribution in [0.15, 0.2) is 66.7 Å². The van der Waals surface area contributed by atoms with Crippen LogP contribution in [-0.4, -0.2) is 5.91 Å². The molecule has 0 radical (unpaired) electrons. The van der Waals surface area contributed by atoms with Gasteiger partial charge < -0.3 is 5.32 Å². The minimum absolute atomic E-state index is 0.285. The molecule has 0 aliphatic rings. The summed E-state index contributed by atoms with van der Waals surface area (Å²) < 4.78 is 40.5. The average Bonchev–Trinajstić information content (AvgIpc) is 2.70. The summed E-state index contributed by atoms with van der Waals surface area (Å²) >= 11 is 0. The number of amides is 1. The standard InChI is InChI=1S/C21H13F3N2O/c22-16-10-11-17(20(24)19(16)23)26-21(27)18(13-6-2-1-3-7-13)15-9-5-4-8-14(15)12-25/h1-11,18H,(H,26,27). The molecule has 3 rings (SSSR count). The second-order valence-electron chi connectivity index (χ2n) is 5.75. The topological polar surface area (TPSA) is 52.9 Å². The van der Waals surface area contributed by atoms with E-state index in [1.54, 1.807) is 54.6 Å². The van der Waals surface area contributed by atoms with Gasteiger partial charge >= 0.3 is 0 Å². The van der Waals surface area contributed by atoms with Gasteiger partial charge in [-0.1, -0.05) is 48.5 Å². The molecular formula is C21H13F3N2O. The second kappa shape index (κ2) is 7.75. The Labute approximate surface area is 153 Å². The Hall–Kier alpha value is -3.59. The Morgan fingerprint density at radius 2 is 1.56 bits per heavy atom. The molecule has 0 spiro atoms. The molecule has 0 aromatic heterocycles. The molecule has 1 atom stereocenters. The smallest absolute Gasteiger partial charge is 0.236 e. The third-order valence-electron chi connectivity index (χ3n) is 4.08. The number of anilines is 1. The van der Waals surface area contributed by atoms with Crippen LogP contribution >= 0.6 is 0 Å². The van der Waals surface area contributed by atoms with Crippen molar-refractivity contribution in [2.75, 3.05) is 5.32 Å². The highest BCUT2D eigenvalue weighted by Crippen LogP contribution is 2.29. The normalized spacial score (nSPS) is 11.5. The van der Waals surface area contributed by atoms with E-state index in [0.717, 1.165) is 12.1 Å². The molecule has 1 amide bonds. The van der Waals surface area contributed by atoms with Gasteiger partial charge in [-0.2, -0.15) is 5.26 Å². The van der Waals surface area contributed by atoms with E-state index in [-0.39, 0.29) is 5.56 Å². The van der Waals surface area contributed by atoms with Gasteiger partial charge in [0.1, 0.15) is 0 Å². The van der Waals surface area contributed by atoms with Gasteiger partial charge in [-0.05, 0) is 29.3 Å². The van der Waals surface area contributed by atoms with E-state index < -0.39 is 35.0 Å². The van der Waals surface area contributed by atoms with Crippen molar-refractivity contribution in [3.63, 3.8) is 0 Å². The second-order valence-corrected chi connectivity index (χ2v) is 5.75. The number of nitrogens with zero attached hydrogens (tertiary/aromatic N) is 1. The van der Waals surface area contributed by atoms with Crippen molar-refractivity contribution in [1.29, 1.82) is 5.26 Å². The van der Waals surface area contributed by atoms with Gasteiger partial charge in [-0.25, -0.2) is 13.2 Å². The fraction of sp³-hybridized carbons (Fsp3) is 0.0476. The van der Waals surface area contributed by atoms with Crippen molar-refractivity contribution < 1.29 is 18.0 Å². The Balaban J connectivity index is 2.05. The molecule has 3 aromatic carbocycles. The van der Waals surface area contributed by atoms with E-state index in [2.05, 4.69) is 5.32 Å². The quantitative estimate of drug-likeness (QED) is 0.678. The van der Waals surface area contributed by atoms with E-state index in [0.29, 0.717) is 11.1 Å². The minimum atomic E-state index is -1.67. The number of nitrogens with one attached hydrogen (secondary N) is 1. The molecule has 134 valence electrons. The van der Waals surface area contributed by atoms with Crippen molar-refractivity contribution in [1.82, 2.24) is 0 Å². The van der Waals surface area contributed by atoms with Crippen LogP contribution in [-0.2, 0) is 4.79 Å². The number of hydrogen-bond acceptors (Lipinski definition) is 2. The molecule has 0 saturated heterocycles. The molecular weight excluding hydrogens is 353 g/mol. The van der Waals surface area contributed by atoms with Crippen LogP contribution in [0.25, 0.3) is 0 Å². The summed E-state index contributed by atoms with van der Waals surface area (Å²) in [5.74, 6) is -6.10. The number of hydrogen-bond donors (Lipinski definition) is 1. The summed E-state index contributed by atoms with van der Waals surface area (Å²) in [6.07, 6.45) is 0. The zero-order valence-electron chi connectivity index (χ0n) is 13.9. The van der Waals surface area contributed by atoms with E-state index >= 15 is 0 Å². The van der Waals surface area contributed by atoms with Crippen molar-refractivity contribution in [2.24, 2.45) is 0 Å². The van der Waals surface area contributed by atoms with Gasteiger partial charge in [0.25, 0.3) is 0 Å². The van der Waals surface area contributed by atoms with Crippen LogP contribution < -0.4 is 5.32 Å². The third kappa shape index (κ3) is 3.67. The summed E-state index contributed by atoms with van der Waals surface area (Å²) in [5.41, 5.74) is 0.800. The molecule has 0 aliphatic heterocycles. The molecule has 1 unspecified atom stereocenters. The van der Waals surface area contributed by atoms with E-state index in [1.165, 1.54) is 0 Å². The highest BCUT2D eigenvalue weighted by atomic mass is 19.2. The molecule has 1 N–H and O–H groups in total. The fourth-order valence-corrected chi connectivity index (χ4v) is 2.80. The molecule has 0 fully saturated rings. The van der Waals surface area contributed by atoms with Crippen LogP contribution in [0.4, 0.5) is 18.9 Å². The largest absolute Gasteiger partial charge is 0.323 e. The van der Waals surface area contributed by atoms with Crippen molar-refractivity contribution >= 4 is 11.6 Å². The lowest BCUT2D eigenvalue weighted by Crippen LogP contribution is -2.23. The lowest BCUT2D eigenvalue weighted by Gasteiger charge is -2.19. The molecule has 27 heavy (non-hydrogen) atoms. The monoisotopic (exact) mass is 366 g/mol. The van der Waals surface area contributed by atoms with Crippen molar-refractivity contribution in [2.45, 2.75) is 5.92 Å². The van der Waals surface area contributed by atoms with E-state index in [9.17, 15) is 23.2 Å². The van der Waals surface area contributed by atoms with E-state index in [1.807, 2.05) is 6.07 Å². The zero-order chi connectivity index (χ0) is 19.4.